The van der Waals surface area contributed by atoms with Gasteiger partial charge in [0.2, 0.25) is 0 Å². The van der Waals surface area contributed by atoms with Gasteiger partial charge in [-0.05, 0) is 26.0 Å². The van der Waals surface area contributed by atoms with Crippen molar-refractivity contribution in [1.82, 2.24) is 15.6 Å². The molecule has 0 saturated heterocycles. The second kappa shape index (κ2) is 11.9. The SMILES string of the molecule is CN=C(NCCOc1cccc(OC)c1)NCCc1nc(C)c(C)s1.I. The molecule has 26 heavy (non-hydrogen) atoms. The number of thiazole rings is 1. The van der Waals surface area contributed by atoms with Crippen molar-refractivity contribution < 1.29 is 9.47 Å². The van der Waals surface area contributed by atoms with Gasteiger partial charge in [-0.15, -0.1) is 35.3 Å². The summed E-state index contributed by atoms with van der Waals surface area (Å²) < 4.78 is 10.9. The minimum absolute atomic E-state index is 0. The smallest absolute Gasteiger partial charge is 0.191 e. The van der Waals surface area contributed by atoms with Gasteiger partial charge in [0, 0.05) is 31.0 Å². The average Bonchev–Trinajstić information content (AvgIpc) is 2.95. The Balaban J connectivity index is 0.00000338. The number of aliphatic imine (C=N–C) groups is 1. The van der Waals surface area contributed by atoms with Crippen LogP contribution in [0.3, 0.4) is 0 Å². The fourth-order valence-electron chi connectivity index (χ4n) is 2.18. The van der Waals surface area contributed by atoms with Crippen LogP contribution in [0.15, 0.2) is 29.3 Å². The van der Waals surface area contributed by atoms with E-state index in [1.54, 1.807) is 25.5 Å². The van der Waals surface area contributed by atoms with E-state index in [1.165, 1.54) is 4.88 Å². The molecule has 1 aromatic carbocycles. The van der Waals surface area contributed by atoms with Crippen LogP contribution in [0.2, 0.25) is 0 Å². The summed E-state index contributed by atoms with van der Waals surface area (Å²) in [6.45, 7) is 6.15. The van der Waals surface area contributed by atoms with Gasteiger partial charge in [-0.2, -0.15) is 0 Å². The van der Waals surface area contributed by atoms with Crippen LogP contribution >= 0.6 is 35.3 Å². The van der Waals surface area contributed by atoms with Gasteiger partial charge in [-0.3, -0.25) is 4.99 Å². The van der Waals surface area contributed by atoms with Crippen LogP contribution in [0.25, 0.3) is 0 Å². The molecule has 0 radical (unpaired) electrons. The van der Waals surface area contributed by atoms with Crippen LogP contribution in [0.4, 0.5) is 0 Å². The molecule has 0 saturated carbocycles. The predicted octanol–water partition coefficient (Wildman–Crippen LogP) is 3.17. The second-order valence-corrected chi connectivity index (χ2v) is 6.74. The average molecular weight is 490 g/mol. The zero-order valence-electron chi connectivity index (χ0n) is 15.7. The first-order chi connectivity index (χ1) is 12.1. The summed E-state index contributed by atoms with van der Waals surface area (Å²) in [6.07, 6.45) is 0.889. The highest BCUT2D eigenvalue weighted by Crippen LogP contribution is 2.18. The van der Waals surface area contributed by atoms with Crippen molar-refractivity contribution in [3.05, 3.63) is 39.8 Å². The number of methoxy groups -OCH3 is 1. The number of ether oxygens (including phenoxy) is 2. The van der Waals surface area contributed by atoms with Crippen molar-refractivity contribution in [2.45, 2.75) is 20.3 Å². The van der Waals surface area contributed by atoms with Crippen LogP contribution in [-0.2, 0) is 6.42 Å². The molecule has 0 aliphatic heterocycles. The molecule has 8 heteroatoms. The Morgan fingerprint density at radius 3 is 2.58 bits per heavy atom. The number of benzene rings is 1. The molecule has 0 unspecified atom stereocenters. The topological polar surface area (TPSA) is 67.8 Å². The van der Waals surface area contributed by atoms with E-state index in [0.717, 1.165) is 41.1 Å². The van der Waals surface area contributed by atoms with Gasteiger partial charge in [0.1, 0.15) is 18.1 Å². The van der Waals surface area contributed by atoms with E-state index in [4.69, 9.17) is 9.47 Å². The Morgan fingerprint density at radius 2 is 1.92 bits per heavy atom. The molecule has 0 aliphatic carbocycles. The summed E-state index contributed by atoms with van der Waals surface area (Å²) in [6, 6.07) is 7.57. The molecule has 0 amide bonds. The zero-order valence-corrected chi connectivity index (χ0v) is 18.8. The first-order valence-corrected chi connectivity index (χ1v) is 9.08. The van der Waals surface area contributed by atoms with Crippen molar-refractivity contribution in [1.29, 1.82) is 0 Å². The lowest BCUT2D eigenvalue weighted by molar-refractivity contribution is 0.319. The lowest BCUT2D eigenvalue weighted by atomic mass is 10.3. The van der Waals surface area contributed by atoms with Gasteiger partial charge in [0.15, 0.2) is 5.96 Å². The highest BCUT2D eigenvalue weighted by atomic mass is 127. The molecule has 1 aromatic heterocycles. The lowest BCUT2D eigenvalue weighted by Crippen LogP contribution is -2.40. The third kappa shape index (κ3) is 7.36. The maximum Gasteiger partial charge on any atom is 0.191 e. The highest BCUT2D eigenvalue weighted by molar-refractivity contribution is 14.0. The predicted molar refractivity (Wildman–Crippen MR) is 119 cm³/mol. The van der Waals surface area contributed by atoms with Gasteiger partial charge in [-0.25, -0.2) is 4.98 Å². The fraction of sp³-hybridized carbons (Fsp3) is 0.444. The first-order valence-electron chi connectivity index (χ1n) is 8.26. The quantitative estimate of drug-likeness (QED) is 0.258. The van der Waals surface area contributed by atoms with E-state index in [2.05, 4.69) is 27.5 Å². The summed E-state index contributed by atoms with van der Waals surface area (Å²) in [4.78, 5) is 10.0. The summed E-state index contributed by atoms with van der Waals surface area (Å²) in [5, 5.41) is 7.68. The van der Waals surface area contributed by atoms with Gasteiger partial charge in [0.25, 0.3) is 0 Å². The molecule has 2 rings (SSSR count). The van der Waals surface area contributed by atoms with Gasteiger partial charge in [-0.1, -0.05) is 6.07 Å². The molecule has 0 atom stereocenters. The number of hydrogen-bond acceptors (Lipinski definition) is 5. The van der Waals surface area contributed by atoms with E-state index < -0.39 is 0 Å². The molecular formula is C18H27IN4O2S. The van der Waals surface area contributed by atoms with Gasteiger partial charge in [0.05, 0.1) is 24.4 Å². The van der Waals surface area contributed by atoms with E-state index in [1.807, 2.05) is 31.2 Å². The Hall–Kier alpha value is -1.55. The van der Waals surface area contributed by atoms with E-state index in [-0.39, 0.29) is 24.0 Å². The number of aromatic nitrogens is 1. The summed E-state index contributed by atoms with van der Waals surface area (Å²) >= 11 is 1.75. The minimum Gasteiger partial charge on any atom is -0.497 e. The molecular weight excluding hydrogens is 463 g/mol. The molecule has 6 nitrogen and oxygen atoms in total. The Labute approximate surface area is 176 Å². The second-order valence-electron chi connectivity index (χ2n) is 5.45. The number of guanidine groups is 1. The summed E-state index contributed by atoms with van der Waals surface area (Å²) in [7, 11) is 3.40. The van der Waals surface area contributed by atoms with Crippen molar-refractivity contribution in [3.8, 4) is 11.5 Å². The van der Waals surface area contributed by atoms with Crippen LogP contribution < -0.4 is 20.1 Å². The molecule has 0 fully saturated rings. The van der Waals surface area contributed by atoms with Crippen molar-refractivity contribution in [2.24, 2.45) is 4.99 Å². The minimum atomic E-state index is 0. The van der Waals surface area contributed by atoms with E-state index in [9.17, 15) is 0 Å². The molecule has 1 heterocycles. The maximum absolute atomic E-state index is 5.70. The van der Waals surface area contributed by atoms with Crippen molar-refractivity contribution >= 4 is 41.3 Å². The van der Waals surface area contributed by atoms with Crippen LogP contribution in [0.1, 0.15) is 15.6 Å². The molecule has 144 valence electrons. The van der Waals surface area contributed by atoms with Gasteiger partial charge >= 0.3 is 0 Å². The van der Waals surface area contributed by atoms with Crippen LogP contribution in [0.5, 0.6) is 11.5 Å². The standard InChI is InChI=1S/C18H26N4O2S.HI/c1-13-14(2)25-17(22-13)8-9-20-18(19-3)21-10-11-24-16-7-5-6-15(12-16)23-4;/h5-7,12H,8-11H2,1-4H3,(H2,19,20,21);1H. The van der Waals surface area contributed by atoms with Crippen molar-refractivity contribution in [3.63, 3.8) is 0 Å². The Bertz CT molecular complexity index is 687. The monoisotopic (exact) mass is 490 g/mol. The Morgan fingerprint density at radius 1 is 1.19 bits per heavy atom. The largest absolute Gasteiger partial charge is 0.497 e. The van der Waals surface area contributed by atoms with E-state index in [0.29, 0.717) is 13.2 Å². The highest BCUT2D eigenvalue weighted by Gasteiger charge is 2.04. The third-order valence-electron chi connectivity index (χ3n) is 3.63. The Kier molecular flexibility index (Phi) is 10.3. The number of nitrogens with zero attached hydrogens (tertiary/aromatic N) is 2. The fourth-order valence-corrected chi connectivity index (χ4v) is 3.12. The lowest BCUT2D eigenvalue weighted by Gasteiger charge is -2.12. The zero-order chi connectivity index (χ0) is 18.1. The third-order valence-corrected chi connectivity index (χ3v) is 4.76. The molecule has 0 aliphatic rings. The maximum atomic E-state index is 5.70. The number of nitrogens with one attached hydrogen (secondary N) is 2. The van der Waals surface area contributed by atoms with Gasteiger partial charge < -0.3 is 20.1 Å². The van der Waals surface area contributed by atoms with Crippen LogP contribution in [0, 0.1) is 13.8 Å². The van der Waals surface area contributed by atoms with Crippen LogP contribution in [-0.4, -0.2) is 44.8 Å². The molecule has 2 N–H and O–H groups in total. The molecule has 0 spiro atoms. The summed E-state index contributed by atoms with van der Waals surface area (Å²) in [5.74, 6) is 2.34. The first kappa shape index (κ1) is 22.5. The van der Waals surface area contributed by atoms with Crippen molar-refractivity contribution in [2.75, 3.05) is 33.9 Å². The van der Waals surface area contributed by atoms with E-state index >= 15 is 0 Å². The normalized spacial score (nSPS) is 10.8. The number of rotatable bonds is 8. The number of hydrogen-bond donors (Lipinski definition) is 2. The summed E-state index contributed by atoms with van der Waals surface area (Å²) in [5.41, 5.74) is 1.12. The molecule has 2 aromatic rings. The number of halogens is 1. The number of aryl methyl sites for hydroxylation is 2. The molecule has 0 bridgehead atoms.